The Balaban J connectivity index is 2.17. The van der Waals surface area contributed by atoms with Crippen molar-refractivity contribution >= 4 is 11.4 Å². The summed E-state index contributed by atoms with van der Waals surface area (Å²) in [5, 5.41) is 22.3. The van der Waals surface area contributed by atoms with Gasteiger partial charge in [0.1, 0.15) is 5.75 Å². The largest absolute Gasteiger partial charge is 0.508 e. The molecule has 4 nitrogen and oxygen atoms in total. The molecule has 1 heterocycles. The summed E-state index contributed by atoms with van der Waals surface area (Å²) >= 11 is 0. The Hall–Kier alpha value is -2.37. The van der Waals surface area contributed by atoms with E-state index in [2.05, 4.69) is 0 Å². The average molecular weight is 314 g/mol. The van der Waals surface area contributed by atoms with Crippen LogP contribution in [0.1, 0.15) is 23.6 Å². The van der Waals surface area contributed by atoms with Gasteiger partial charge in [0.15, 0.2) is 5.82 Å². The minimum absolute atomic E-state index is 0.152. The first kappa shape index (κ1) is 15.5. The molecule has 0 saturated carbocycles. The molecule has 23 heavy (non-hydrogen) atoms. The molecule has 2 N–H and O–H groups in total. The first-order valence-corrected chi connectivity index (χ1v) is 7.45. The van der Waals surface area contributed by atoms with Crippen molar-refractivity contribution < 1.29 is 14.7 Å². The standard InChI is InChI=1S/C18H19FN2O2/c1-11-5-4-6-12(2)18(11)17-9-13(3)21(23)20(17)16-8-7-14(22)10-15(16)19/h4-10,13,22-23H,1-3H3. The lowest BCUT2D eigenvalue weighted by Gasteiger charge is -2.30. The Morgan fingerprint density at radius 3 is 2.35 bits per heavy atom. The van der Waals surface area contributed by atoms with Gasteiger partial charge in [-0.25, -0.2) is 9.40 Å². The van der Waals surface area contributed by atoms with E-state index in [1.165, 1.54) is 17.1 Å². The number of aryl methyl sites for hydroxylation is 2. The molecule has 1 unspecified atom stereocenters. The second-order valence-electron chi connectivity index (χ2n) is 5.83. The maximum absolute atomic E-state index is 14.3. The lowest BCUT2D eigenvalue weighted by atomic mass is 9.99. The normalized spacial score (nSPS) is 18.4. The van der Waals surface area contributed by atoms with E-state index in [0.717, 1.165) is 33.6 Å². The van der Waals surface area contributed by atoms with Crippen molar-refractivity contribution in [3.63, 3.8) is 0 Å². The zero-order chi connectivity index (χ0) is 16.7. The van der Waals surface area contributed by atoms with Gasteiger partial charge in [0, 0.05) is 11.6 Å². The number of hydrazine groups is 1. The van der Waals surface area contributed by atoms with Gasteiger partial charge in [-0.3, -0.25) is 5.21 Å². The summed E-state index contributed by atoms with van der Waals surface area (Å²) in [4.78, 5) is 0. The summed E-state index contributed by atoms with van der Waals surface area (Å²) in [6.07, 6.45) is 1.89. The highest BCUT2D eigenvalue weighted by molar-refractivity contribution is 5.83. The minimum atomic E-state index is -0.602. The van der Waals surface area contributed by atoms with Crippen molar-refractivity contribution in [3.05, 3.63) is 65.0 Å². The molecule has 0 aromatic heterocycles. The SMILES string of the molecule is Cc1cccc(C)c1C1=CC(C)N(O)N1c1ccc(O)cc1F. The number of phenols is 1. The van der Waals surface area contributed by atoms with Crippen LogP contribution in [-0.2, 0) is 0 Å². The second kappa shape index (κ2) is 5.68. The van der Waals surface area contributed by atoms with Crippen molar-refractivity contribution in [2.75, 3.05) is 5.01 Å². The quantitative estimate of drug-likeness (QED) is 0.879. The Morgan fingerprint density at radius 1 is 1.09 bits per heavy atom. The third kappa shape index (κ3) is 2.58. The highest BCUT2D eigenvalue weighted by Crippen LogP contribution is 2.38. The third-order valence-corrected chi connectivity index (χ3v) is 4.09. The molecule has 0 spiro atoms. The zero-order valence-corrected chi connectivity index (χ0v) is 13.3. The Morgan fingerprint density at radius 2 is 1.74 bits per heavy atom. The number of aromatic hydroxyl groups is 1. The highest BCUT2D eigenvalue weighted by atomic mass is 19.1. The molecule has 0 saturated heterocycles. The van der Waals surface area contributed by atoms with E-state index >= 15 is 0 Å². The number of hydrogen-bond donors (Lipinski definition) is 2. The smallest absolute Gasteiger partial charge is 0.152 e. The van der Waals surface area contributed by atoms with E-state index < -0.39 is 5.82 Å². The van der Waals surface area contributed by atoms with Gasteiger partial charge in [0.25, 0.3) is 0 Å². The Kier molecular flexibility index (Phi) is 3.83. The van der Waals surface area contributed by atoms with Gasteiger partial charge in [-0.05, 0) is 50.1 Å². The summed E-state index contributed by atoms with van der Waals surface area (Å²) in [7, 11) is 0. The average Bonchev–Trinajstić information content (AvgIpc) is 2.75. The Labute approximate surface area is 134 Å². The zero-order valence-electron chi connectivity index (χ0n) is 13.3. The van der Waals surface area contributed by atoms with Crippen LogP contribution in [0.4, 0.5) is 10.1 Å². The Bertz CT molecular complexity index is 768. The molecule has 0 radical (unpaired) electrons. The van der Waals surface area contributed by atoms with Crippen LogP contribution in [0.2, 0.25) is 0 Å². The molecule has 0 fully saturated rings. The molecule has 0 amide bonds. The lowest BCUT2D eigenvalue weighted by Crippen LogP contribution is -2.39. The van der Waals surface area contributed by atoms with Crippen molar-refractivity contribution in [1.29, 1.82) is 0 Å². The van der Waals surface area contributed by atoms with Crippen LogP contribution in [-0.4, -0.2) is 21.5 Å². The van der Waals surface area contributed by atoms with Crippen LogP contribution in [0.25, 0.3) is 5.70 Å². The highest BCUT2D eigenvalue weighted by Gasteiger charge is 2.33. The maximum atomic E-state index is 14.3. The lowest BCUT2D eigenvalue weighted by molar-refractivity contribution is -0.101. The van der Waals surface area contributed by atoms with E-state index in [4.69, 9.17) is 0 Å². The maximum Gasteiger partial charge on any atom is 0.152 e. The van der Waals surface area contributed by atoms with E-state index in [-0.39, 0.29) is 17.5 Å². The van der Waals surface area contributed by atoms with Crippen LogP contribution in [0.3, 0.4) is 0 Å². The van der Waals surface area contributed by atoms with Gasteiger partial charge >= 0.3 is 0 Å². The number of nitrogens with zero attached hydrogens (tertiary/aromatic N) is 2. The molecule has 1 atom stereocenters. The number of hydrogen-bond acceptors (Lipinski definition) is 4. The van der Waals surface area contributed by atoms with Crippen LogP contribution < -0.4 is 5.01 Å². The second-order valence-corrected chi connectivity index (χ2v) is 5.83. The molecule has 2 aromatic rings. The number of hydroxylamine groups is 1. The van der Waals surface area contributed by atoms with Crippen LogP contribution in [0, 0.1) is 19.7 Å². The third-order valence-electron chi connectivity index (χ3n) is 4.09. The molecule has 0 bridgehead atoms. The van der Waals surface area contributed by atoms with Crippen molar-refractivity contribution in [2.24, 2.45) is 0 Å². The van der Waals surface area contributed by atoms with Crippen LogP contribution in [0.5, 0.6) is 5.75 Å². The fourth-order valence-electron chi connectivity index (χ4n) is 2.97. The molecule has 1 aliphatic heterocycles. The van der Waals surface area contributed by atoms with Gasteiger partial charge < -0.3 is 5.11 Å². The van der Waals surface area contributed by atoms with Gasteiger partial charge in [-0.1, -0.05) is 23.4 Å². The minimum Gasteiger partial charge on any atom is -0.508 e. The summed E-state index contributed by atoms with van der Waals surface area (Å²) in [5.41, 5.74) is 3.96. The fraction of sp³-hybridized carbons (Fsp3) is 0.222. The van der Waals surface area contributed by atoms with Gasteiger partial charge in [0.05, 0.1) is 17.4 Å². The number of anilines is 1. The van der Waals surface area contributed by atoms with Crippen molar-refractivity contribution in [2.45, 2.75) is 26.8 Å². The summed E-state index contributed by atoms with van der Waals surface area (Å²) in [6, 6.07) is 9.53. The number of rotatable bonds is 2. The van der Waals surface area contributed by atoms with Crippen molar-refractivity contribution in [3.8, 4) is 5.75 Å². The van der Waals surface area contributed by atoms with E-state index in [1.807, 2.05) is 45.0 Å². The number of phenolic OH excluding ortho intramolecular Hbond substituents is 1. The van der Waals surface area contributed by atoms with Crippen molar-refractivity contribution in [1.82, 2.24) is 5.17 Å². The van der Waals surface area contributed by atoms with Gasteiger partial charge in [0.2, 0.25) is 0 Å². The monoisotopic (exact) mass is 314 g/mol. The van der Waals surface area contributed by atoms with E-state index in [1.54, 1.807) is 0 Å². The molecule has 0 aliphatic carbocycles. The number of benzene rings is 2. The summed E-state index contributed by atoms with van der Waals surface area (Å²) in [6.45, 7) is 5.80. The molecular weight excluding hydrogens is 295 g/mol. The molecule has 120 valence electrons. The topological polar surface area (TPSA) is 46.9 Å². The van der Waals surface area contributed by atoms with Crippen LogP contribution >= 0.6 is 0 Å². The molecule has 1 aliphatic rings. The predicted molar refractivity (Wildman–Crippen MR) is 87.5 cm³/mol. The first-order chi connectivity index (χ1) is 10.9. The summed E-state index contributed by atoms with van der Waals surface area (Å²) in [5.74, 6) is -0.754. The van der Waals surface area contributed by atoms with Crippen LogP contribution in [0.15, 0.2) is 42.5 Å². The molecule has 3 rings (SSSR count). The van der Waals surface area contributed by atoms with E-state index in [0.29, 0.717) is 0 Å². The summed E-state index contributed by atoms with van der Waals surface area (Å²) < 4.78 is 14.3. The number of halogens is 1. The molecule has 2 aromatic carbocycles. The molecular formula is C18H19FN2O2. The predicted octanol–water partition coefficient (Wildman–Crippen LogP) is 4.00. The van der Waals surface area contributed by atoms with Gasteiger partial charge in [-0.2, -0.15) is 0 Å². The fourth-order valence-corrected chi connectivity index (χ4v) is 2.97. The van der Waals surface area contributed by atoms with E-state index in [9.17, 15) is 14.7 Å². The first-order valence-electron chi connectivity index (χ1n) is 7.45. The molecule has 5 heteroatoms. The van der Waals surface area contributed by atoms with Gasteiger partial charge in [-0.15, -0.1) is 0 Å².